The Morgan fingerprint density at radius 2 is 2.04 bits per heavy atom. The molecule has 0 aliphatic heterocycles. The zero-order valence-electron chi connectivity index (χ0n) is 13.3. The van der Waals surface area contributed by atoms with Crippen molar-refractivity contribution in [3.63, 3.8) is 0 Å². The summed E-state index contributed by atoms with van der Waals surface area (Å²) in [5.74, 6) is -1.18. The Hall–Kier alpha value is -3.26. The number of aromatic nitrogens is 2. The van der Waals surface area contributed by atoms with Gasteiger partial charge in [-0.25, -0.2) is 14.2 Å². The minimum Gasteiger partial charge on any atom is -0.408 e. The molecule has 4 rings (SSSR count). The normalized spacial score (nSPS) is 11.0. The molecule has 0 saturated carbocycles. The molecule has 0 saturated heterocycles. The SMILES string of the molecule is O=C(NCc1nc(-c2ccc3[nH]c(=O)oc3c2)cs1)c1ccc(F)cc1. The number of nitrogens with zero attached hydrogens (tertiary/aromatic N) is 1. The topological polar surface area (TPSA) is 88.0 Å². The lowest BCUT2D eigenvalue weighted by atomic mass is 10.1. The van der Waals surface area contributed by atoms with Gasteiger partial charge in [0.2, 0.25) is 0 Å². The second kappa shape index (κ2) is 6.57. The van der Waals surface area contributed by atoms with E-state index >= 15 is 0 Å². The van der Waals surface area contributed by atoms with Gasteiger partial charge >= 0.3 is 5.76 Å². The lowest BCUT2D eigenvalue weighted by molar-refractivity contribution is 0.0951. The van der Waals surface area contributed by atoms with Gasteiger partial charge in [-0.05, 0) is 36.4 Å². The number of nitrogens with one attached hydrogen (secondary N) is 2. The minimum atomic E-state index is -0.500. The number of oxazole rings is 1. The van der Waals surface area contributed by atoms with Crippen LogP contribution in [-0.4, -0.2) is 15.9 Å². The number of halogens is 1. The third-order valence-electron chi connectivity index (χ3n) is 3.78. The molecule has 0 spiro atoms. The smallest absolute Gasteiger partial charge is 0.408 e. The van der Waals surface area contributed by atoms with Crippen LogP contribution in [0.1, 0.15) is 15.4 Å². The zero-order valence-corrected chi connectivity index (χ0v) is 14.1. The molecule has 8 heteroatoms. The van der Waals surface area contributed by atoms with Crippen LogP contribution in [0.2, 0.25) is 0 Å². The number of H-pyrrole nitrogens is 1. The summed E-state index contributed by atoms with van der Waals surface area (Å²) in [6.07, 6.45) is 0. The summed E-state index contributed by atoms with van der Waals surface area (Å²) in [6.45, 7) is 0.266. The van der Waals surface area contributed by atoms with E-state index in [1.165, 1.54) is 35.6 Å². The Balaban J connectivity index is 1.47. The summed E-state index contributed by atoms with van der Waals surface area (Å²) in [7, 11) is 0. The van der Waals surface area contributed by atoms with Crippen molar-refractivity contribution in [1.82, 2.24) is 15.3 Å². The predicted molar refractivity (Wildman–Crippen MR) is 95.5 cm³/mol. The highest BCUT2D eigenvalue weighted by atomic mass is 32.1. The fourth-order valence-electron chi connectivity index (χ4n) is 2.49. The predicted octanol–water partition coefficient (Wildman–Crippen LogP) is 3.31. The van der Waals surface area contributed by atoms with E-state index < -0.39 is 5.76 Å². The maximum Gasteiger partial charge on any atom is 0.417 e. The van der Waals surface area contributed by atoms with Crippen molar-refractivity contribution in [1.29, 1.82) is 0 Å². The molecule has 0 unspecified atom stereocenters. The molecule has 0 aliphatic carbocycles. The second-order valence-electron chi connectivity index (χ2n) is 5.54. The fraction of sp³-hybridized carbons (Fsp3) is 0.0556. The summed E-state index contributed by atoms with van der Waals surface area (Å²) in [4.78, 5) is 30.4. The molecule has 0 bridgehead atoms. The van der Waals surface area contributed by atoms with Gasteiger partial charge < -0.3 is 9.73 Å². The fourth-order valence-corrected chi connectivity index (χ4v) is 3.23. The van der Waals surface area contributed by atoms with E-state index in [4.69, 9.17) is 4.42 Å². The molecule has 2 heterocycles. The van der Waals surface area contributed by atoms with Crippen molar-refractivity contribution in [2.75, 3.05) is 0 Å². The maximum atomic E-state index is 12.9. The Bertz CT molecular complexity index is 1140. The highest BCUT2D eigenvalue weighted by Gasteiger charge is 2.10. The van der Waals surface area contributed by atoms with Crippen LogP contribution in [0.3, 0.4) is 0 Å². The number of benzene rings is 2. The molecular formula is C18H12FN3O3S. The third kappa shape index (κ3) is 3.27. The number of hydrogen-bond donors (Lipinski definition) is 2. The summed E-state index contributed by atoms with van der Waals surface area (Å²) in [6, 6.07) is 10.7. The Morgan fingerprint density at radius 3 is 2.85 bits per heavy atom. The van der Waals surface area contributed by atoms with Crippen molar-refractivity contribution >= 4 is 28.3 Å². The highest BCUT2D eigenvalue weighted by Crippen LogP contribution is 2.24. The largest absolute Gasteiger partial charge is 0.417 e. The van der Waals surface area contributed by atoms with Crippen LogP contribution in [0.4, 0.5) is 4.39 Å². The van der Waals surface area contributed by atoms with Gasteiger partial charge in [-0.15, -0.1) is 11.3 Å². The highest BCUT2D eigenvalue weighted by molar-refractivity contribution is 7.09. The molecule has 2 aromatic heterocycles. The molecule has 0 atom stereocenters. The lowest BCUT2D eigenvalue weighted by Crippen LogP contribution is -2.22. The van der Waals surface area contributed by atoms with E-state index in [0.717, 1.165) is 16.3 Å². The van der Waals surface area contributed by atoms with Gasteiger partial charge in [-0.3, -0.25) is 9.78 Å². The van der Waals surface area contributed by atoms with Gasteiger partial charge in [0.05, 0.1) is 17.8 Å². The summed E-state index contributed by atoms with van der Waals surface area (Å²) < 4.78 is 18.0. The molecule has 0 radical (unpaired) electrons. The minimum absolute atomic E-state index is 0.266. The number of fused-ring (bicyclic) bond motifs is 1. The van der Waals surface area contributed by atoms with Crippen LogP contribution in [0, 0.1) is 5.82 Å². The average molecular weight is 369 g/mol. The monoisotopic (exact) mass is 369 g/mol. The van der Waals surface area contributed by atoms with Gasteiger partial charge in [0.15, 0.2) is 5.58 Å². The molecule has 26 heavy (non-hydrogen) atoms. The van der Waals surface area contributed by atoms with Crippen molar-refractivity contribution in [3.8, 4) is 11.3 Å². The average Bonchev–Trinajstić information content (AvgIpc) is 3.25. The first-order valence-electron chi connectivity index (χ1n) is 7.70. The number of thiazole rings is 1. The number of aromatic amines is 1. The number of carbonyl (C=O) groups is 1. The quantitative estimate of drug-likeness (QED) is 0.578. The van der Waals surface area contributed by atoms with Gasteiger partial charge in [0, 0.05) is 16.5 Å². The van der Waals surface area contributed by atoms with Crippen molar-refractivity contribution in [2.24, 2.45) is 0 Å². The molecule has 1 amide bonds. The van der Waals surface area contributed by atoms with Gasteiger partial charge in [-0.2, -0.15) is 0 Å². The summed E-state index contributed by atoms with van der Waals surface area (Å²) in [5.41, 5.74) is 3.02. The number of rotatable bonds is 4. The molecule has 0 fully saturated rings. The molecule has 4 aromatic rings. The zero-order chi connectivity index (χ0) is 18.1. The van der Waals surface area contributed by atoms with E-state index in [9.17, 15) is 14.0 Å². The van der Waals surface area contributed by atoms with Crippen LogP contribution in [0.25, 0.3) is 22.4 Å². The third-order valence-corrected chi connectivity index (χ3v) is 4.62. The first-order valence-corrected chi connectivity index (χ1v) is 8.58. The van der Waals surface area contributed by atoms with Crippen molar-refractivity contribution < 1.29 is 13.6 Å². The number of amides is 1. The van der Waals surface area contributed by atoms with E-state index in [-0.39, 0.29) is 18.3 Å². The van der Waals surface area contributed by atoms with Gasteiger partial charge in [-0.1, -0.05) is 6.07 Å². The standard InChI is InChI=1S/C18H12FN3O3S/c19-12-4-1-10(2-5-12)17(23)20-8-16-21-14(9-26-16)11-3-6-13-15(7-11)25-18(24)22-13/h1-7,9H,8H2,(H,20,23)(H,22,24). The molecule has 0 aliphatic rings. The lowest BCUT2D eigenvalue weighted by Gasteiger charge is -2.03. The van der Waals surface area contributed by atoms with E-state index in [0.29, 0.717) is 16.7 Å². The summed E-state index contributed by atoms with van der Waals surface area (Å²) in [5, 5.41) is 5.35. The number of hydrogen-bond acceptors (Lipinski definition) is 5. The Morgan fingerprint density at radius 1 is 1.23 bits per heavy atom. The molecule has 2 aromatic carbocycles. The molecular weight excluding hydrogens is 357 g/mol. The maximum absolute atomic E-state index is 12.9. The van der Waals surface area contributed by atoms with Crippen molar-refractivity contribution in [2.45, 2.75) is 6.54 Å². The van der Waals surface area contributed by atoms with Crippen molar-refractivity contribution in [3.05, 3.63) is 74.8 Å². The van der Waals surface area contributed by atoms with E-state index in [1.54, 1.807) is 12.1 Å². The van der Waals surface area contributed by atoms with Gasteiger partial charge in [0.1, 0.15) is 10.8 Å². The van der Waals surface area contributed by atoms with Crippen LogP contribution in [0.15, 0.2) is 57.1 Å². The summed E-state index contributed by atoms with van der Waals surface area (Å²) >= 11 is 1.41. The van der Waals surface area contributed by atoms with Crippen LogP contribution < -0.4 is 11.1 Å². The Labute approximate surface area is 150 Å². The first kappa shape index (κ1) is 16.2. The molecule has 130 valence electrons. The first-order chi connectivity index (χ1) is 12.6. The Kier molecular flexibility index (Phi) is 4.10. The van der Waals surface area contributed by atoms with E-state index in [1.807, 2.05) is 11.4 Å². The molecule has 6 nitrogen and oxygen atoms in total. The molecule has 2 N–H and O–H groups in total. The number of carbonyl (C=O) groups excluding carboxylic acids is 1. The van der Waals surface area contributed by atoms with Gasteiger partial charge in [0.25, 0.3) is 5.91 Å². The second-order valence-corrected chi connectivity index (χ2v) is 6.48. The van der Waals surface area contributed by atoms with E-state index in [2.05, 4.69) is 15.3 Å². The van der Waals surface area contributed by atoms with Crippen LogP contribution >= 0.6 is 11.3 Å². The van der Waals surface area contributed by atoms with Crippen LogP contribution in [0.5, 0.6) is 0 Å². The van der Waals surface area contributed by atoms with Crippen LogP contribution in [-0.2, 0) is 6.54 Å².